The molecular formula is C20H21FNPS2. The van der Waals surface area contributed by atoms with Gasteiger partial charge in [-0.2, -0.15) is 5.26 Å². The van der Waals surface area contributed by atoms with E-state index >= 15 is 0 Å². The standard InChI is InChI=1S/C20H21FNPS2/c1-3-5-11-24-12-6-8-16(7-4-2)9-10-17-13-18(21)20(25-15-22)19(23)14-17/h4,6-8,12-14H,3,5,11,23H2,1-2H3/b7-4-,12-6+,16-8+. The van der Waals surface area contributed by atoms with Crippen LogP contribution < -0.4 is 5.30 Å². The van der Waals surface area contributed by atoms with Gasteiger partial charge in [0.2, 0.25) is 0 Å². The van der Waals surface area contributed by atoms with E-state index in [9.17, 15) is 4.39 Å². The van der Waals surface area contributed by atoms with Crippen LogP contribution in [0.4, 0.5) is 4.39 Å². The van der Waals surface area contributed by atoms with E-state index in [1.807, 2.05) is 36.6 Å². The number of halogens is 1. The molecule has 5 heteroatoms. The second-order valence-corrected chi connectivity index (χ2v) is 7.43. The number of thiocyanates is 1. The number of nitriles is 1. The van der Waals surface area contributed by atoms with Crippen molar-refractivity contribution in [3.05, 3.63) is 58.8 Å². The number of hydrogen-bond acceptors (Lipinski definition) is 3. The fourth-order valence-corrected chi connectivity index (χ4v) is 3.50. The van der Waals surface area contributed by atoms with Gasteiger partial charge in [-0.25, -0.2) is 4.39 Å². The minimum absolute atomic E-state index is 0.328. The zero-order valence-electron chi connectivity index (χ0n) is 14.4. The summed E-state index contributed by atoms with van der Waals surface area (Å²) < 4.78 is 14.0. The largest absolute Gasteiger partial charge is 0.206 e. The minimum Gasteiger partial charge on any atom is -0.206 e. The number of benzene rings is 1. The molecule has 1 unspecified atom stereocenters. The normalized spacial score (nSPS) is 11.6. The van der Waals surface area contributed by atoms with Gasteiger partial charge >= 0.3 is 0 Å². The predicted molar refractivity (Wildman–Crippen MR) is 113 cm³/mol. The van der Waals surface area contributed by atoms with Crippen LogP contribution in [0.2, 0.25) is 0 Å². The highest BCUT2D eigenvalue weighted by atomic mass is 32.2. The molecule has 0 bridgehead atoms. The first kappa shape index (κ1) is 21.6. The van der Waals surface area contributed by atoms with Gasteiger partial charge in [0.15, 0.2) is 0 Å². The van der Waals surface area contributed by atoms with Gasteiger partial charge < -0.3 is 0 Å². The van der Waals surface area contributed by atoms with Crippen molar-refractivity contribution in [3.63, 3.8) is 0 Å². The second-order valence-electron chi connectivity index (χ2n) is 4.99. The van der Waals surface area contributed by atoms with E-state index in [4.69, 9.17) is 5.26 Å². The third-order valence-corrected chi connectivity index (χ3v) is 5.25. The molecule has 130 valence electrons. The van der Waals surface area contributed by atoms with Crippen molar-refractivity contribution in [3.8, 4) is 17.2 Å². The van der Waals surface area contributed by atoms with Crippen LogP contribution >= 0.6 is 32.8 Å². The van der Waals surface area contributed by atoms with Crippen LogP contribution in [0.3, 0.4) is 0 Å². The van der Waals surface area contributed by atoms with Gasteiger partial charge in [-0.1, -0.05) is 43.4 Å². The maximum absolute atomic E-state index is 14.0. The van der Waals surface area contributed by atoms with E-state index in [-0.39, 0.29) is 0 Å². The molecule has 1 rings (SSSR count). The Hall–Kier alpha value is -1.45. The van der Waals surface area contributed by atoms with Crippen molar-refractivity contribution >= 4 is 38.1 Å². The Kier molecular flexibility index (Phi) is 11.1. The Balaban J connectivity index is 2.92. The Bertz CT molecular complexity index is 741. The molecule has 0 fully saturated rings. The second kappa shape index (κ2) is 12.8. The molecule has 0 amide bonds. The number of rotatable bonds is 7. The molecule has 0 spiro atoms. The lowest BCUT2D eigenvalue weighted by atomic mass is 10.2. The van der Waals surface area contributed by atoms with E-state index in [2.05, 4.69) is 33.4 Å². The number of nitrogens with zero attached hydrogens (tertiary/aromatic N) is 1. The molecule has 1 nitrogen and oxygen atoms in total. The Morgan fingerprint density at radius 1 is 1.40 bits per heavy atom. The number of unbranched alkanes of at least 4 members (excludes halogenated alkanes) is 1. The first-order valence-electron chi connectivity index (χ1n) is 7.90. The number of allylic oxidation sites excluding steroid dienone is 5. The fourth-order valence-electron chi connectivity index (χ4n) is 1.80. The van der Waals surface area contributed by atoms with Gasteiger partial charge in [-0.3, -0.25) is 0 Å². The van der Waals surface area contributed by atoms with Crippen LogP contribution in [0.15, 0.2) is 52.3 Å². The zero-order chi connectivity index (χ0) is 18.5. The lowest BCUT2D eigenvalue weighted by molar-refractivity contribution is 0.604. The first-order valence-corrected chi connectivity index (χ1v) is 10.3. The van der Waals surface area contributed by atoms with E-state index < -0.39 is 5.82 Å². The van der Waals surface area contributed by atoms with Crippen LogP contribution in [-0.2, 0) is 0 Å². The minimum atomic E-state index is -0.424. The monoisotopic (exact) mass is 389 g/mol. The number of hydrogen-bond donors (Lipinski definition) is 0. The molecule has 1 atom stereocenters. The fraction of sp³-hybridized carbons (Fsp3) is 0.250. The van der Waals surface area contributed by atoms with Gasteiger partial charge in [0.05, 0.1) is 4.90 Å². The Labute approximate surface area is 161 Å². The van der Waals surface area contributed by atoms with E-state index in [0.29, 0.717) is 15.8 Å². The van der Waals surface area contributed by atoms with Crippen LogP contribution in [0, 0.1) is 28.3 Å². The average molecular weight is 390 g/mol. The van der Waals surface area contributed by atoms with Gasteiger partial charge in [0.25, 0.3) is 0 Å². The first-order chi connectivity index (χ1) is 12.1. The highest BCUT2D eigenvalue weighted by Gasteiger charge is 2.08. The maximum atomic E-state index is 14.0. The summed E-state index contributed by atoms with van der Waals surface area (Å²) in [5, 5.41) is 13.3. The topological polar surface area (TPSA) is 23.8 Å². The van der Waals surface area contributed by atoms with Crippen LogP contribution in [-0.4, -0.2) is 5.75 Å². The van der Waals surface area contributed by atoms with Gasteiger partial charge in [-0.05, 0) is 59.8 Å². The third-order valence-electron chi connectivity index (χ3n) is 2.98. The maximum Gasteiger partial charge on any atom is 0.139 e. The summed E-state index contributed by atoms with van der Waals surface area (Å²) in [6, 6.07) is 3.13. The summed E-state index contributed by atoms with van der Waals surface area (Å²) in [6.45, 7) is 4.11. The molecule has 0 aliphatic heterocycles. The molecule has 25 heavy (non-hydrogen) atoms. The summed E-state index contributed by atoms with van der Waals surface area (Å²) in [5.74, 6) is 6.74. The highest BCUT2D eigenvalue weighted by Crippen LogP contribution is 2.21. The molecule has 0 aromatic heterocycles. The molecule has 0 saturated carbocycles. The van der Waals surface area contributed by atoms with Crippen molar-refractivity contribution in [2.45, 2.75) is 31.6 Å². The molecule has 0 aliphatic carbocycles. The SMILES string of the molecule is C\C=C/C(C#Cc1cc(F)c(SC#N)c(P)c1)=C\C=C\SCCCC. The third kappa shape index (κ3) is 8.46. The lowest BCUT2D eigenvalue weighted by Crippen LogP contribution is -2.00. The summed E-state index contributed by atoms with van der Waals surface area (Å²) in [6.07, 6.45) is 10.2. The van der Waals surface area contributed by atoms with Crippen molar-refractivity contribution in [1.29, 1.82) is 5.26 Å². The van der Waals surface area contributed by atoms with Crippen molar-refractivity contribution < 1.29 is 4.39 Å². The summed E-state index contributed by atoms with van der Waals surface area (Å²) in [5.41, 5.74) is 1.44. The van der Waals surface area contributed by atoms with Crippen molar-refractivity contribution in [2.75, 3.05) is 5.75 Å². The molecule has 1 aromatic rings. The summed E-state index contributed by atoms with van der Waals surface area (Å²) in [4.78, 5) is 0.328. The average Bonchev–Trinajstić information content (AvgIpc) is 2.59. The van der Waals surface area contributed by atoms with E-state index in [0.717, 1.165) is 23.1 Å². The molecule has 0 radical (unpaired) electrons. The van der Waals surface area contributed by atoms with Gasteiger partial charge in [-0.15, -0.1) is 21.0 Å². The van der Waals surface area contributed by atoms with Crippen molar-refractivity contribution in [1.82, 2.24) is 0 Å². The molecule has 0 saturated heterocycles. The summed E-state index contributed by atoms with van der Waals surface area (Å²) >= 11 is 2.60. The molecule has 0 heterocycles. The molecule has 0 N–H and O–H groups in total. The van der Waals surface area contributed by atoms with Gasteiger partial charge in [0.1, 0.15) is 11.2 Å². The molecule has 1 aromatic carbocycles. The smallest absolute Gasteiger partial charge is 0.139 e. The quantitative estimate of drug-likeness (QED) is 0.147. The van der Waals surface area contributed by atoms with Crippen LogP contribution in [0.25, 0.3) is 0 Å². The van der Waals surface area contributed by atoms with Crippen LogP contribution in [0.5, 0.6) is 0 Å². The summed E-state index contributed by atoms with van der Waals surface area (Å²) in [7, 11) is 2.45. The van der Waals surface area contributed by atoms with E-state index in [1.54, 1.807) is 17.8 Å². The Morgan fingerprint density at radius 3 is 2.84 bits per heavy atom. The van der Waals surface area contributed by atoms with Crippen LogP contribution in [0.1, 0.15) is 32.3 Å². The molecular weight excluding hydrogens is 368 g/mol. The van der Waals surface area contributed by atoms with E-state index in [1.165, 1.54) is 18.9 Å². The Morgan fingerprint density at radius 2 is 2.20 bits per heavy atom. The highest BCUT2D eigenvalue weighted by molar-refractivity contribution is 8.04. The molecule has 0 aliphatic rings. The predicted octanol–water partition coefficient (Wildman–Crippen LogP) is 5.80. The number of thioether (sulfide) groups is 2. The lowest BCUT2D eigenvalue weighted by Gasteiger charge is -2.02. The van der Waals surface area contributed by atoms with Crippen molar-refractivity contribution in [2.24, 2.45) is 0 Å². The van der Waals surface area contributed by atoms with Gasteiger partial charge in [0, 0.05) is 11.1 Å². The zero-order valence-corrected chi connectivity index (χ0v) is 17.2.